The average molecular weight is 367 g/mol. The van der Waals surface area contributed by atoms with Crippen LogP contribution < -0.4 is 4.90 Å². The van der Waals surface area contributed by atoms with Crippen molar-refractivity contribution in [2.75, 3.05) is 11.9 Å². The van der Waals surface area contributed by atoms with E-state index in [2.05, 4.69) is 26.1 Å². The number of rotatable bonds is 3. The first-order chi connectivity index (χ1) is 12.5. The summed E-state index contributed by atoms with van der Waals surface area (Å²) in [6, 6.07) is 6.18. The summed E-state index contributed by atoms with van der Waals surface area (Å²) in [6.45, 7) is 4.02. The number of halogens is 1. The lowest BCUT2D eigenvalue weighted by atomic mass is 10.0. The molecule has 4 heterocycles. The molecule has 7 heteroatoms. The summed E-state index contributed by atoms with van der Waals surface area (Å²) in [5, 5.41) is 5.83. The van der Waals surface area contributed by atoms with Gasteiger partial charge in [0.25, 0.3) is 0 Å². The van der Waals surface area contributed by atoms with Crippen molar-refractivity contribution < 1.29 is 0 Å². The Kier molecular flexibility index (Phi) is 3.92. The lowest BCUT2D eigenvalue weighted by molar-refractivity contribution is 0.740. The molecule has 0 aliphatic heterocycles. The van der Waals surface area contributed by atoms with Crippen LogP contribution in [0.3, 0.4) is 0 Å². The summed E-state index contributed by atoms with van der Waals surface area (Å²) in [5.41, 5.74) is 6.72. The number of anilines is 2. The predicted octanol–water partition coefficient (Wildman–Crippen LogP) is 4.40. The highest BCUT2D eigenvalue weighted by Crippen LogP contribution is 2.35. The molecule has 0 fully saturated rings. The molecule has 0 atom stereocenters. The number of nitrogens with one attached hydrogen (secondary N) is 1. The average Bonchev–Trinajstić information content (AvgIpc) is 3.21. The van der Waals surface area contributed by atoms with Crippen LogP contribution in [0.25, 0.3) is 22.2 Å². The first kappa shape index (κ1) is 16.6. The topological polar surface area (TPSA) is 62.6 Å². The second-order valence-electron chi connectivity index (χ2n) is 6.37. The molecule has 4 rings (SSSR count). The van der Waals surface area contributed by atoms with Gasteiger partial charge in [0.2, 0.25) is 0 Å². The molecule has 0 bridgehead atoms. The number of fused-ring (bicyclic) bond motifs is 1. The monoisotopic (exact) mass is 366 g/mol. The molecule has 0 aromatic carbocycles. The van der Waals surface area contributed by atoms with E-state index < -0.39 is 0 Å². The van der Waals surface area contributed by atoms with Gasteiger partial charge in [0.15, 0.2) is 5.15 Å². The van der Waals surface area contributed by atoms with Crippen molar-refractivity contribution in [3.8, 4) is 11.1 Å². The van der Waals surface area contributed by atoms with E-state index >= 15 is 0 Å². The number of aromatic nitrogens is 5. The SMILES string of the molecule is Cc1nc2[nH]ccc2cc1-c1cnc(Cl)c(N(C)c2cnn(C)c2C)c1. The largest absolute Gasteiger partial charge is 0.346 e. The van der Waals surface area contributed by atoms with Crippen molar-refractivity contribution in [2.45, 2.75) is 13.8 Å². The van der Waals surface area contributed by atoms with E-state index in [9.17, 15) is 0 Å². The third-order valence-electron chi connectivity index (χ3n) is 4.79. The molecule has 0 radical (unpaired) electrons. The summed E-state index contributed by atoms with van der Waals surface area (Å²) in [6.07, 6.45) is 5.51. The lowest BCUT2D eigenvalue weighted by Gasteiger charge is -2.20. The summed E-state index contributed by atoms with van der Waals surface area (Å²) >= 11 is 6.40. The van der Waals surface area contributed by atoms with Crippen LogP contribution >= 0.6 is 11.6 Å². The summed E-state index contributed by atoms with van der Waals surface area (Å²) in [4.78, 5) is 14.2. The van der Waals surface area contributed by atoms with Crippen LogP contribution in [0.4, 0.5) is 11.4 Å². The molecular formula is C19H19ClN6. The Hall–Kier alpha value is -2.86. The normalized spacial score (nSPS) is 11.3. The maximum Gasteiger partial charge on any atom is 0.152 e. The first-order valence-corrected chi connectivity index (χ1v) is 8.66. The van der Waals surface area contributed by atoms with Gasteiger partial charge in [-0.15, -0.1) is 0 Å². The molecule has 0 unspecified atom stereocenters. The van der Waals surface area contributed by atoms with Gasteiger partial charge in [0, 0.05) is 48.7 Å². The van der Waals surface area contributed by atoms with Crippen LogP contribution in [0.15, 0.2) is 36.8 Å². The zero-order valence-electron chi connectivity index (χ0n) is 15.1. The molecule has 0 spiro atoms. The number of H-pyrrole nitrogens is 1. The van der Waals surface area contributed by atoms with Gasteiger partial charge in [-0.1, -0.05) is 11.6 Å². The van der Waals surface area contributed by atoms with Gasteiger partial charge in [-0.05, 0) is 32.0 Å². The van der Waals surface area contributed by atoms with Crippen LogP contribution in [-0.4, -0.2) is 31.8 Å². The van der Waals surface area contributed by atoms with Crippen LogP contribution in [0.5, 0.6) is 0 Å². The molecule has 4 aromatic heterocycles. The fraction of sp³-hybridized carbons (Fsp3) is 0.211. The number of pyridine rings is 2. The Bertz CT molecular complexity index is 1110. The zero-order chi connectivity index (χ0) is 18.4. The van der Waals surface area contributed by atoms with Gasteiger partial charge >= 0.3 is 0 Å². The minimum Gasteiger partial charge on any atom is -0.346 e. The number of hydrogen-bond acceptors (Lipinski definition) is 4. The fourth-order valence-corrected chi connectivity index (χ4v) is 3.36. The first-order valence-electron chi connectivity index (χ1n) is 8.28. The molecule has 0 amide bonds. The van der Waals surface area contributed by atoms with Gasteiger partial charge < -0.3 is 9.88 Å². The molecule has 0 saturated heterocycles. The highest BCUT2D eigenvalue weighted by Gasteiger charge is 2.16. The summed E-state index contributed by atoms with van der Waals surface area (Å²) in [7, 11) is 3.89. The van der Waals surface area contributed by atoms with Gasteiger partial charge in [-0.3, -0.25) is 4.68 Å². The van der Waals surface area contributed by atoms with Gasteiger partial charge in [0.1, 0.15) is 5.65 Å². The van der Waals surface area contributed by atoms with E-state index in [4.69, 9.17) is 11.6 Å². The minimum absolute atomic E-state index is 0.452. The molecule has 0 saturated carbocycles. The van der Waals surface area contributed by atoms with Gasteiger partial charge in [-0.2, -0.15) is 5.10 Å². The van der Waals surface area contributed by atoms with Crippen LogP contribution in [0.1, 0.15) is 11.4 Å². The highest BCUT2D eigenvalue weighted by atomic mass is 35.5. The second kappa shape index (κ2) is 6.14. The van der Waals surface area contributed by atoms with Crippen LogP contribution in [-0.2, 0) is 7.05 Å². The molecule has 0 aliphatic carbocycles. The standard InChI is InChI=1S/C19H19ClN6/c1-11-15(7-13-5-6-21-19(13)24-11)14-8-16(18(20)22-9-14)25(3)17-10-23-26(4)12(17)2/h5-10H,1-4H3,(H,21,24). The molecule has 0 aliphatic rings. The molecule has 132 valence electrons. The van der Waals surface area contributed by atoms with Crippen molar-refractivity contribution in [1.29, 1.82) is 0 Å². The summed E-state index contributed by atoms with van der Waals surface area (Å²) in [5.74, 6) is 0. The molecular weight excluding hydrogens is 348 g/mol. The van der Waals surface area contributed by atoms with Crippen molar-refractivity contribution in [3.63, 3.8) is 0 Å². The van der Waals surface area contributed by atoms with Gasteiger partial charge in [-0.25, -0.2) is 9.97 Å². The molecule has 4 aromatic rings. The Morgan fingerprint density at radius 2 is 1.96 bits per heavy atom. The van der Waals surface area contributed by atoms with Crippen LogP contribution in [0, 0.1) is 13.8 Å². The third-order valence-corrected chi connectivity index (χ3v) is 5.08. The Labute approximate surface area is 156 Å². The smallest absolute Gasteiger partial charge is 0.152 e. The van der Waals surface area contributed by atoms with Crippen molar-refractivity contribution in [1.82, 2.24) is 24.7 Å². The maximum absolute atomic E-state index is 6.40. The highest BCUT2D eigenvalue weighted by molar-refractivity contribution is 6.32. The van der Waals surface area contributed by atoms with E-state index in [1.807, 2.05) is 62.1 Å². The predicted molar refractivity (Wildman–Crippen MR) is 105 cm³/mol. The van der Waals surface area contributed by atoms with E-state index in [1.165, 1.54) is 0 Å². The Morgan fingerprint density at radius 3 is 2.69 bits per heavy atom. The quantitative estimate of drug-likeness (QED) is 0.546. The minimum atomic E-state index is 0.452. The molecule has 1 N–H and O–H groups in total. The van der Waals surface area contributed by atoms with Crippen molar-refractivity contribution in [3.05, 3.63) is 53.3 Å². The van der Waals surface area contributed by atoms with Crippen molar-refractivity contribution >= 4 is 34.0 Å². The second-order valence-corrected chi connectivity index (χ2v) is 6.73. The maximum atomic E-state index is 6.40. The number of aromatic amines is 1. The van der Waals surface area contributed by atoms with E-state index in [0.717, 1.165) is 44.9 Å². The zero-order valence-corrected chi connectivity index (χ0v) is 15.8. The molecule has 6 nitrogen and oxygen atoms in total. The number of aryl methyl sites for hydroxylation is 2. The molecule has 26 heavy (non-hydrogen) atoms. The Balaban J connectivity index is 1.83. The van der Waals surface area contributed by atoms with Crippen LogP contribution in [0.2, 0.25) is 5.15 Å². The van der Waals surface area contributed by atoms with E-state index in [0.29, 0.717) is 5.15 Å². The van der Waals surface area contributed by atoms with E-state index in [1.54, 1.807) is 6.20 Å². The van der Waals surface area contributed by atoms with Crippen molar-refractivity contribution in [2.24, 2.45) is 7.05 Å². The Morgan fingerprint density at radius 1 is 1.15 bits per heavy atom. The summed E-state index contributed by atoms with van der Waals surface area (Å²) < 4.78 is 1.84. The number of hydrogen-bond donors (Lipinski definition) is 1. The third kappa shape index (κ3) is 2.63. The van der Waals surface area contributed by atoms with Gasteiger partial charge in [0.05, 0.1) is 23.3 Å². The van der Waals surface area contributed by atoms with E-state index in [-0.39, 0.29) is 0 Å². The fourth-order valence-electron chi connectivity index (χ4n) is 3.13. The number of nitrogens with zero attached hydrogens (tertiary/aromatic N) is 5. The lowest BCUT2D eigenvalue weighted by Crippen LogP contribution is -2.12.